The number of hydrogen-bond acceptors (Lipinski definition) is 4. The smallest absolute Gasteiger partial charge is 0.254 e. The number of amides is 1. The molecule has 1 fully saturated rings. The van der Waals surface area contributed by atoms with Crippen molar-refractivity contribution >= 4 is 17.2 Å². The molecule has 0 bridgehead atoms. The van der Waals surface area contributed by atoms with Crippen LogP contribution in [0.2, 0.25) is 0 Å². The lowest BCUT2D eigenvalue weighted by Crippen LogP contribution is -2.43. The number of thiophene rings is 1. The van der Waals surface area contributed by atoms with E-state index in [0.717, 1.165) is 30.8 Å². The van der Waals surface area contributed by atoms with Crippen molar-refractivity contribution in [3.8, 4) is 0 Å². The molecule has 1 N–H and O–H groups in total. The molecule has 0 spiro atoms. The Bertz CT molecular complexity index is 688. The second-order valence-corrected chi connectivity index (χ2v) is 6.34. The highest BCUT2D eigenvalue weighted by atomic mass is 32.1. The molecule has 7 heteroatoms. The Morgan fingerprint density at radius 1 is 1.29 bits per heavy atom. The Kier molecular flexibility index (Phi) is 5.55. The van der Waals surface area contributed by atoms with E-state index < -0.39 is 17.5 Å². The third kappa shape index (κ3) is 3.98. The van der Waals surface area contributed by atoms with Crippen LogP contribution in [0.5, 0.6) is 0 Å². The highest BCUT2D eigenvalue weighted by Crippen LogP contribution is 2.23. The maximum Gasteiger partial charge on any atom is 0.254 e. The summed E-state index contributed by atoms with van der Waals surface area (Å²) in [5, 5.41) is 6.80. The lowest BCUT2D eigenvalue weighted by molar-refractivity contribution is 0.0163. The quantitative estimate of drug-likeness (QED) is 0.900. The van der Waals surface area contributed by atoms with E-state index in [-0.39, 0.29) is 11.6 Å². The van der Waals surface area contributed by atoms with Crippen molar-refractivity contribution in [1.29, 1.82) is 0 Å². The molecule has 0 radical (unpaired) electrons. The number of morpholine rings is 1. The van der Waals surface area contributed by atoms with E-state index in [1.807, 2.05) is 16.8 Å². The average molecular weight is 352 g/mol. The number of carbonyl (C=O) groups is 1. The van der Waals surface area contributed by atoms with Crippen LogP contribution in [0.1, 0.15) is 22.0 Å². The largest absolute Gasteiger partial charge is 0.379 e. The van der Waals surface area contributed by atoms with Crippen LogP contribution in [0.3, 0.4) is 0 Å². The van der Waals surface area contributed by atoms with Crippen LogP contribution in [0.4, 0.5) is 8.78 Å². The molecule has 1 aliphatic rings. The number of nitrogens with one attached hydrogen (secondary N) is 1. The predicted molar refractivity (Wildman–Crippen MR) is 88.1 cm³/mol. The number of nitrogens with zero attached hydrogens (tertiary/aromatic N) is 1. The van der Waals surface area contributed by atoms with Gasteiger partial charge in [0, 0.05) is 25.7 Å². The summed E-state index contributed by atoms with van der Waals surface area (Å²) in [7, 11) is 0. The number of rotatable bonds is 5. The second kappa shape index (κ2) is 7.83. The molecule has 24 heavy (non-hydrogen) atoms. The van der Waals surface area contributed by atoms with Gasteiger partial charge in [-0.25, -0.2) is 8.78 Å². The summed E-state index contributed by atoms with van der Waals surface area (Å²) in [6.07, 6.45) is 0. The van der Waals surface area contributed by atoms with Gasteiger partial charge in [0.05, 0.1) is 24.8 Å². The van der Waals surface area contributed by atoms with Crippen molar-refractivity contribution in [2.75, 3.05) is 32.8 Å². The minimum Gasteiger partial charge on any atom is -0.379 e. The standard InChI is InChI=1S/C17H18F2N2O2S/c18-13-1-2-14(15(19)9-13)17(22)20-10-16(12-3-8-24-11-12)21-4-6-23-7-5-21/h1-3,8-9,11,16H,4-7,10H2,(H,20,22). The van der Waals surface area contributed by atoms with Gasteiger partial charge in [-0.1, -0.05) is 0 Å². The van der Waals surface area contributed by atoms with E-state index in [0.29, 0.717) is 25.8 Å². The first-order valence-corrected chi connectivity index (χ1v) is 8.66. The molecular weight excluding hydrogens is 334 g/mol. The van der Waals surface area contributed by atoms with Crippen molar-refractivity contribution < 1.29 is 18.3 Å². The van der Waals surface area contributed by atoms with Gasteiger partial charge in [-0.2, -0.15) is 11.3 Å². The molecule has 4 nitrogen and oxygen atoms in total. The van der Waals surface area contributed by atoms with Gasteiger partial charge in [0.15, 0.2) is 0 Å². The Labute approximate surface area is 143 Å². The Morgan fingerprint density at radius 3 is 2.75 bits per heavy atom. The van der Waals surface area contributed by atoms with Gasteiger partial charge in [0.2, 0.25) is 0 Å². The van der Waals surface area contributed by atoms with E-state index in [4.69, 9.17) is 4.74 Å². The Morgan fingerprint density at radius 2 is 2.08 bits per heavy atom. The van der Waals surface area contributed by atoms with Crippen LogP contribution in [-0.4, -0.2) is 43.7 Å². The van der Waals surface area contributed by atoms with Gasteiger partial charge >= 0.3 is 0 Å². The molecule has 1 aromatic heterocycles. The van der Waals surface area contributed by atoms with Crippen molar-refractivity contribution in [3.63, 3.8) is 0 Å². The van der Waals surface area contributed by atoms with Crippen molar-refractivity contribution in [3.05, 3.63) is 57.8 Å². The lowest BCUT2D eigenvalue weighted by atomic mass is 10.1. The molecule has 1 amide bonds. The molecule has 0 saturated carbocycles. The fourth-order valence-corrected chi connectivity index (χ4v) is 3.48. The van der Waals surface area contributed by atoms with E-state index in [9.17, 15) is 13.6 Å². The maximum atomic E-state index is 13.7. The zero-order valence-corrected chi connectivity index (χ0v) is 13.8. The van der Waals surface area contributed by atoms with Crippen molar-refractivity contribution in [2.24, 2.45) is 0 Å². The monoisotopic (exact) mass is 352 g/mol. The first-order chi connectivity index (χ1) is 11.6. The summed E-state index contributed by atoms with van der Waals surface area (Å²) >= 11 is 1.59. The Balaban J connectivity index is 1.70. The van der Waals surface area contributed by atoms with Crippen molar-refractivity contribution in [1.82, 2.24) is 10.2 Å². The van der Waals surface area contributed by atoms with Crippen LogP contribution in [-0.2, 0) is 4.74 Å². The zero-order valence-electron chi connectivity index (χ0n) is 13.0. The molecule has 1 aromatic carbocycles. The number of benzene rings is 1. The zero-order chi connectivity index (χ0) is 16.9. The molecule has 2 aromatic rings. The fourth-order valence-electron chi connectivity index (χ4n) is 2.77. The number of carbonyl (C=O) groups excluding carboxylic acids is 1. The summed E-state index contributed by atoms with van der Waals surface area (Å²) in [5.41, 5.74) is 0.962. The second-order valence-electron chi connectivity index (χ2n) is 5.56. The van der Waals surface area contributed by atoms with Gasteiger partial charge < -0.3 is 10.1 Å². The number of halogens is 2. The van der Waals surface area contributed by atoms with Gasteiger partial charge in [-0.15, -0.1) is 0 Å². The van der Waals surface area contributed by atoms with Crippen LogP contribution in [0.25, 0.3) is 0 Å². The summed E-state index contributed by atoms with van der Waals surface area (Å²) in [6.45, 7) is 3.22. The van der Waals surface area contributed by atoms with Crippen LogP contribution in [0.15, 0.2) is 35.0 Å². The average Bonchev–Trinajstić information content (AvgIpc) is 3.10. The molecular formula is C17H18F2N2O2S. The highest BCUT2D eigenvalue weighted by molar-refractivity contribution is 7.07. The molecule has 1 aliphatic heterocycles. The van der Waals surface area contributed by atoms with Crippen LogP contribution < -0.4 is 5.32 Å². The SMILES string of the molecule is O=C(NCC(c1ccsc1)N1CCOCC1)c1ccc(F)cc1F. The normalized spacial score (nSPS) is 16.8. The van der Waals surface area contributed by atoms with Gasteiger partial charge in [-0.05, 0) is 34.5 Å². The fraction of sp³-hybridized carbons (Fsp3) is 0.353. The van der Waals surface area contributed by atoms with E-state index in [1.165, 1.54) is 0 Å². The highest BCUT2D eigenvalue weighted by Gasteiger charge is 2.24. The van der Waals surface area contributed by atoms with Crippen LogP contribution >= 0.6 is 11.3 Å². The first kappa shape index (κ1) is 17.0. The summed E-state index contributed by atoms with van der Waals surface area (Å²) in [6, 6.07) is 4.99. The topological polar surface area (TPSA) is 41.6 Å². The minimum atomic E-state index is -0.856. The molecule has 128 valence electrons. The first-order valence-electron chi connectivity index (χ1n) is 7.72. The predicted octanol–water partition coefficient (Wildman–Crippen LogP) is 2.83. The molecule has 3 rings (SSSR count). The molecule has 1 saturated heterocycles. The Hall–Kier alpha value is -1.83. The van der Waals surface area contributed by atoms with Crippen LogP contribution in [0, 0.1) is 11.6 Å². The molecule has 1 atom stereocenters. The molecule has 0 aliphatic carbocycles. The number of ether oxygens (including phenoxy) is 1. The summed E-state index contributed by atoms with van der Waals surface area (Å²) in [4.78, 5) is 14.5. The minimum absolute atomic E-state index is 0.00705. The third-order valence-corrected chi connectivity index (χ3v) is 4.75. The van der Waals surface area contributed by atoms with E-state index in [1.54, 1.807) is 11.3 Å². The van der Waals surface area contributed by atoms with Gasteiger partial charge in [0.25, 0.3) is 5.91 Å². The van der Waals surface area contributed by atoms with E-state index in [2.05, 4.69) is 10.2 Å². The van der Waals surface area contributed by atoms with E-state index >= 15 is 0 Å². The number of hydrogen-bond donors (Lipinski definition) is 1. The van der Waals surface area contributed by atoms with Crippen molar-refractivity contribution in [2.45, 2.75) is 6.04 Å². The lowest BCUT2D eigenvalue weighted by Gasteiger charge is -2.34. The molecule has 2 heterocycles. The molecule has 1 unspecified atom stereocenters. The summed E-state index contributed by atoms with van der Waals surface area (Å²) < 4.78 is 32.1. The third-order valence-electron chi connectivity index (χ3n) is 4.05. The van der Waals surface area contributed by atoms with Gasteiger partial charge in [-0.3, -0.25) is 9.69 Å². The maximum absolute atomic E-state index is 13.7. The van der Waals surface area contributed by atoms with Gasteiger partial charge in [0.1, 0.15) is 11.6 Å². The summed E-state index contributed by atoms with van der Waals surface area (Å²) in [5.74, 6) is -2.10.